The number of carbonyl (C=O) groups excluding carboxylic acids is 1. The van der Waals surface area contributed by atoms with Gasteiger partial charge >= 0.3 is 0 Å². The van der Waals surface area contributed by atoms with Crippen LogP contribution in [-0.4, -0.2) is 31.4 Å². The molecule has 8 heteroatoms. The van der Waals surface area contributed by atoms with E-state index in [1.165, 1.54) is 5.56 Å². The molecule has 1 aliphatic rings. The zero-order valence-electron chi connectivity index (χ0n) is 19.4. The molecule has 1 atom stereocenters. The van der Waals surface area contributed by atoms with Crippen molar-refractivity contribution in [3.63, 3.8) is 0 Å². The Hall–Kier alpha value is -4.59. The molecular formula is C28H23N5O3. The minimum absolute atomic E-state index is 0.0170. The average Bonchev–Trinajstić information content (AvgIpc) is 3.46. The van der Waals surface area contributed by atoms with E-state index in [1.807, 2.05) is 54.6 Å². The molecule has 36 heavy (non-hydrogen) atoms. The minimum Gasteiger partial charge on any atom is -0.487 e. The maximum atomic E-state index is 12.6. The number of tetrazole rings is 1. The second-order valence-electron chi connectivity index (χ2n) is 8.77. The third-order valence-corrected chi connectivity index (χ3v) is 6.28. The fourth-order valence-electron chi connectivity index (χ4n) is 4.40. The summed E-state index contributed by atoms with van der Waals surface area (Å²) < 4.78 is 12.1. The first-order valence-electron chi connectivity index (χ1n) is 11.8. The van der Waals surface area contributed by atoms with E-state index < -0.39 is 6.10 Å². The summed E-state index contributed by atoms with van der Waals surface area (Å²) in [5, 5.41) is 15.0. The predicted molar refractivity (Wildman–Crippen MR) is 133 cm³/mol. The molecule has 3 heterocycles. The van der Waals surface area contributed by atoms with Crippen molar-refractivity contribution in [1.29, 1.82) is 0 Å². The van der Waals surface area contributed by atoms with E-state index >= 15 is 0 Å². The summed E-state index contributed by atoms with van der Waals surface area (Å²) >= 11 is 0. The van der Waals surface area contributed by atoms with Gasteiger partial charge in [-0.05, 0) is 60.4 Å². The highest BCUT2D eigenvalue weighted by Gasteiger charge is 2.30. The van der Waals surface area contributed by atoms with Gasteiger partial charge in [-0.1, -0.05) is 47.7 Å². The lowest BCUT2D eigenvalue weighted by Crippen LogP contribution is -2.21. The minimum atomic E-state index is -0.523. The molecule has 0 spiro atoms. The summed E-state index contributed by atoms with van der Waals surface area (Å²) in [6.07, 6.45) is 1.30. The molecule has 1 N–H and O–H groups in total. The van der Waals surface area contributed by atoms with Gasteiger partial charge in [-0.15, -0.1) is 10.2 Å². The number of pyridine rings is 1. The van der Waals surface area contributed by atoms with Gasteiger partial charge in [0.2, 0.25) is 5.82 Å². The van der Waals surface area contributed by atoms with Gasteiger partial charge in [-0.2, -0.15) is 5.21 Å². The number of nitrogens with one attached hydrogen (secondary N) is 1. The molecule has 0 fully saturated rings. The first-order chi connectivity index (χ1) is 17.7. The van der Waals surface area contributed by atoms with Crippen LogP contribution in [0.15, 0.2) is 78.9 Å². The number of hydrogen-bond acceptors (Lipinski definition) is 7. The van der Waals surface area contributed by atoms with Crippen molar-refractivity contribution in [2.75, 3.05) is 0 Å². The van der Waals surface area contributed by atoms with E-state index in [2.05, 4.69) is 49.9 Å². The predicted octanol–water partition coefficient (Wildman–Crippen LogP) is 4.82. The SMILES string of the molecule is O=C1CC(c2nn[nH]n2)Oc2cc(CCc3cccc(OCc4ccc5ccccc5n4)c3)ccc21. The van der Waals surface area contributed by atoms with Crippen molar-refractivity contribution in [2.45, 2.75) is 32.0 Å². The molecule has 3 aromatic carbocycles. The van der Waals surface area contributed by atoms with E-state index in [0.717, 1.165) is 40.8 Å². The van der Waals surface area contributed by atoms with E-state index in [9.17, 15) is 4.79 Å². The maximum absolute atomic E-state index is 12.6. The molecule has 0 saturated carbocycles. The van der Waals surface area contributed by atoms with Gasteiger partial charge in [0.25, 0.3) is 0 Å². The van der Waals surface area contributed by atoms with Crippen LogP contribution in [0.5, 0.6) is 11.5 Å². The number of rotatable bonds is 7. The van der Waals surface area contributed by atoms with Crippen LogP contribution in [0.4, 0.5) is 0 Å². The highest BCUT2D eigenvalue weighted by molar-refractivity contribution is 6.00. The molecule has 5 aromatic rings. The van der Waals surface area contributed by atoms with Crippen LogP contribution < -0.4 is 9.47 Å². The fraction of sp³-hybridized carbons (Fsp3) is 0.179. The third kappa shape index (κ3) is 4.65. The Balaban J connectivity index is 1.10. The van der Waals surface area contributed by atoms with Gasteiger partial charge in [0.1, 0.15) is 18.1 Å². The molecule has 8 nitrogen and oxygen atoms in total. The van der Waals surface area contributed by atoms with Crippen molar-refractivity contribution in [2.24, 2.45) is 0 Å². The Morgan fingerprint density at radius 3 is 2.72 bits per heavy atom. The first-order valence-corrected chi connectivity index (χ1v) is 11.8. The normalized spacial score (nSPS) is 14.9. The Bertz CT molecular complexity index is 1530. The highest BCUT2D eigenvalue weighted by Crippen LogP contribution is 2.34. The van der Waals surface area contributed by atoms with Gasteiger partial charge in [-0.3, -0.25) is 4.79 Å². The van der Waals surface area contributed by atoms with Crippen molar-refractivity contribution in [1.82, 2.24) is 25.6 Å². The second-order valence-corrected chi connectivity index (χ2v) is 8.77. The van der Waals surface area contributed by atoms with Crippen LogP contribution in [0.2, 0.25) is 0 Å². The summed E-state index contributed by atoms with van der Waals surface area (Å²) in [6.45, 7) is 0.409. The lowest BCUT2D eigenvalue weighted by Gasteiger charge is -2.23. The van der Waals surface area contributed by atoms with Gasteiger partial charge in [-0.25, -0.2) is 4.98 Å². The van der Waals surface area contributed by atoms with Crippen molar-refractivity contribution in [3.8, 4) is 11.5 Å². The summed E-state index contributed by atoms with van der Waals surface area (Å²) in [4.78, 5) is 17.2. The Kier molecular flexibility index (Phi) is 5.83. The molecule has 0 bridgehead atoms. The highest BCUT2D eigenvalue weighted by atomic mass is 16.5. The second kappa shape index (κ2) is 9.58. The number of para-hydroxylation sites is 1. The van der Waals surface area contributed by atoms with Crippen molar-refractivity contribution >= 4 is 16.7 Å². The van der Waals surface area contributed by atoms with Gasteiger partial charge in [0, 0.05) is 5.39 Å². The van der Waals surface area contributed by atoms with E-state index in [0.29, 0.717) is 23.7 Å². The Labute approximate surface area is 207 Å². The van der Waals surface area contributed by atoms with Crippen LogP contribution in [0, 0.1) is 0 Å². The van der Waals surface area contributed by atoms with E-state index in [1.54, 1.807) is 0 Å². The monoisotopic (exact) mass is 477 g/mol. The summed E-state index contributed by atoms with van der Waals surface area (Å²) in [7, 11) is 0. The van der Waals surface area contributed by atoms with Crippen LogP contribution in [0.1, 0.15) is 45.5 Å². The van der Waals surface area contributed by atoms with Crippen LogP contribution >= 0.6 is 0 Å². The van der Waals surface area contributed by atoms with Crippen LogP contribution in [0.3, 0.4) is 0 Å². The van der Waals surface area contributed by atoms with E-state index in [-0.39, 0.29) is 12.2 Å². The number of Topliss-reactive ketones (excluding diaryl/α,β-unsaturated/α-hetero) is 1. The number of H-pyrrole nitrogens is 1. The first kappa shape index (κ1) is 21.9. The number of hydrogen-bond donors (Lipinski definition) is 1. The number of nitrogens with zero attached hydrogens (tertiary/aromatic N) is 4. The Morgan fingerprint density at radius 2 is 1.83 bits per heavy atom. The Morgan fingerprint density at radius 1 is 0.944 bits per heavy atom. The number of aryl methyl sites for hydroxylation is 2. The number of fused-ring (bicyclic) bond motifs is 2. The molecular weight excluding hydrogens is 454 g/mol. The number of aromatic amines is 1. The zero-order valence-corrected chi connectivity index (χ0v) is 19.4. The number of aromatic nitrogens is 5. The van der Waals surface area contributed by atoms with Gasteiger partial charge < -0.3 is 9.47 Å². The quantitative estimate of drug-likeness (QED) is 0.358. The average molecular weight is 478 g/mol. The van der Waals surface area contributed by atoms with Gasteiger partial charge in [0.15, 0.2) is 11.9 Å². The summed E-state index contributed by atoms with van der Waals surface area (Å²) in [6, 6.07) is 26.0. The summed E-state index contributed by atoms with van der Waals surface area (Å²) in [5.41, 5.74) is 4.70. The molecule has 6 rings (SSSR count). The lowest BCUT2D eigenvalue weighted by molar-refractivity contribution is 0.0838. The number of ketones is 1. The lowest BCUT2D eigenvalue weighted by atomic mass is 9.96. The van der Waals surface area contributed by atoms with Crippen LogP contribution in [0.25, 0.3) is 10.9 Å². The number of carbonyl (C=O) groups is 1. The van der Waals surface area contributed by atoms with Crippen molar-refractivity contribution < 1.29 is 14.3 Å². The molecule has 0 saturated heterocycles. The smallest absolute Gasteiger partial charge is 0.215 e. The molecule has 178 valence electrons. The van der Waals surface area contributed by atoms with Crippen molar-refractivity contribution in [3.05, 3.63) is 107 Å². The molecule has 0 aliphatic carbocycles. The molecule has 0 amide bonds. The van der Waals surface area contributed by atoms with Crippen LogP contribution in [-0.2, 0) is 19.4 Å². The molecule has 0 radical (unpaired) electrons. The maximum Gasteiger partial charge on any atom is 0.215 e. The third-order valence-electron chi connectivity index (χ3n) is 6.28. The van der Waals surface area contributed by atoms with E-state index in [4.69, 9.17) is 9.47 Å². The number of ether oxygens (including phenoxy) is 2. The molecule has 1 unspecified atom stereocenters. The number of benzene rings is 3. The standard InChI is InChI=1S/C28H23N5O3/c34-25-16-27(28-30-32-33-31-28)36-26-15-19(10-13-23(25)26)9-8-18-4-3-6-22(14-18)35-17-21-12-11-20-5-1-2-7-24(20)29-21/h1-7,10-15,27H,8-9,16-17H2,(H,30,31,32,33). The molecule has 1 aliphatic heterocycles. The topological polar surface area (TPSA) is 103 Å². The largest absolute Gasteiger partial charge is 0.487 e. The summed E-state index contributed by atoms with van der Waals surface area (Å²) in [5.74, 6) is 1.78. The molecule has 2 aromatic heterocycles. The zero-order chi connectivity index (χ0) is 24.3. The van der Waals surface area contributed by atoms with Gasteiger partial charge in [0.05, 0.1) is 23.2 Å². The fourth-order valence-corrected chi connectivity index (χ4v) is 4.40.